The molecule has 1 atom stereocenters. The molecule has 2 aromatic heterocycles. The Balaban J connectivity index is 1.75. The summed E-state index contributed by atoms with van der Waals surface area (Å²) in [6.45, 7) is 1.81. The van der Waals surface area contributed by atoms with Crippen LogP contribution in [0.25, 0.3) is 11.1 Å². The van der Waals surface area contributed by atoms with Crippen molar-refractivity contribution in [3.63, 3.8) is 0 Å². The molecule has 1 unspecified atom stereocenters. The van der Waals surface area contributed by atoms with Crippen LogP contribution in [0.1, 0.15) is 39.6 Å². The summed E-state index contributed by atoms with van der Waals surface area (Å²) in [6.07, 6.45) is 2.89. The highest BCUT2D eigenvalue weighted by molar-refractivity contribution is 6.00. The molecular weight excluding hydrogens is 340 g/mol. The molecular formula is C21H20N4O2. The normalized spacial score (nSPS) is 16.1. The summed E-state index contributed by atoms with van der Waals surface area (Å²) in [7, 11) is 1.59. The third-order valence-electron chi connectivity index (χ3n) is 4.99. The van der Waals surface area contributed by atoms with Crippen LogP contribution in [0, 0.1) is 6.92 Å². The lowest BCUT2D eigenvalue weighted by Gasteiger charge is -2.26. The fraction of sp³-hybridized carbons (Fsp3) is 0.238. The summed E-state index contributed by atoms with van der Waals surface area (Å²) < 4.78 is 5.15. The Kier molecular flexibility index (Phi) is 4.32. The van der Waals surface area contributed by atoms with Gasteiger partial charge in [-0.25, -0.2) is 15.0 Å². The van der Waals surface area contributed by atoms with E-state index in [0.717, 1.165) is 22.4 Å². The summed E-state index contributed by atoms with van der Waals surface area (Å²) in [5, 5.41) is 0. The fourth-order valence-electron chi connectivity index (χ4n) is 3.79. The monoisotopic (exact) mass is 360 g/mol. The lowest BCUT2D eigenvalue weighted by atomic mass is 9.79. The summed E-state index contributed by atoms with van der Waals surface area (Å²) >= 11 is 0. The predicted octanol–water partition coefficient (Wildman–Crippen LogP) is 3.35. The van der Waals surface area contributed by atoms with Crippen molar-refractivity contribution in [2.75, 3.05) is 12.8 Å². The predicted molar refractivity (Wildman–Crippen MR) is 103 cm³/mol. The van der Waals surface area contributed by atoms with Gasteiger partial charge in [0.1, 0.15) is 0 Å². The second kappa shape index (κ2) is 6.79. The van der Waals surface area contributed by atoms with E-state index in [4.69, 9.17) is 10.5 Å². The molecule has 0 amide bonds. The quantitative estimate of drug-likeness (QED) is 0.770. The summed E-state index contributed by atoms with van der Waals surface area (Å²) in [4.78, 5) is 25.6. The number of methoxy groups -OCH3 is 1. The van der Waals surface area contributed by atoms with Crippen LogP contribution in [0.4, 0.5) is 5.95 Å². The molecule has 0 fully saturated rings. The van der Waals surface area contributed by atoms with Crippen molar-refractivity contribution < 1.29 is 9.53 Å². The Labute approximate surface area is 157 Å². The molecule has 0 saturated carbocycles. The van der Waals surface area contributed by atoms with Crippen LogP contribution in [0.2, 0.25) is 0 Å². The van der Waals surface area contributed by atoms with Gasteiger partial charge in [-0.05, 0) is 36.5 Å². The van der Waals surface area contributed by atoms with Crippen molar-refractivity contribution in [1.82, 2.24) is 15.0 Å². The average molecular weight is 360 g/mol. The molecule has 6 nitrogen and oxygen atoms in total. The number of hydrogen-bond acceptors (Lipinski definition) is 6. The molecule has 0 spiro atoms. The number of aryl methyl sites for hydroxylation is 1. The van der Waals surface area contributed by atoms with Gasteiger partial charge < -0.3 is 10.5 Å². The Morgan fingerprint density at radius 3 is 2.67 bits per heavy atom. The molecule has 6 heteroatoms. The third kappa shape index (κ3) is 3.14. The zero-order chi connectivity index (χ0) is 19.0. The number of Topliss-reactive ketones (excluding diaryl/α,β-unsaturated/α-hetero) is 1. The number of rotatable bonds is 3. The SMILES string of the molecule is COc1ccc(-c2ccccc2C2CC(=O)c3c(C)nc(N)nc3C2)cn1. The molecule has 1 aliphatic rings. The van der Waals surface area contributed by atoms with Crippen LogP contribution >= 0.6 is 0 Å². The number of ketones is 1. The largest absolute Gasteiger partial charge is 0.481 e. The van der Waals surface area contributed by atoms with E-state index in [1.54, 1.807) is 13.3 Å². The minimum atomic E-state index is 0.0389. The van der Waals surface area contributed by atoms with Crippen molar-refractivity contribution in [1.29, 1.82) is 0 Å². The summed E-state index contributed by atoms with van der Waals surface area (Å²) in [5.41, 5.74) is 11.0. The number of nitrogen functional groups attached to an aromatic ring is 1. The Bertz CT molecular complexity index is 1020. The minimum Gasteiger partial charge on any atom is -0.481 e. The first-order valence-electron chi connectivity index (χ1n) is 8.82. The van der Waals surface area contributed by atoms with E-state index in [1.807, 2.05) is 31.2 Å². The lowest BCUT2D eigenvalue weighted by Crippen LogP contribution is -2.23. The van der Waals surface area contributed by atoms with Gasteiger partial charge in [0.25, 0.3) is 0 Å². The first kappa shape index (κ1) is 17.1. The van der Waals surface area contributed by atoms with Crippen molar-refractivity contribution in [3.8, 4) is 17.0 Å². The van der Waals surface area contributed by atoms with Crippen LogP contribution in [0.3, 0.4) is 0 Å². The van der Waals surface area contributed by atoms with Crippen LogP contribution in [0.5, 0.6) is 5.88 Å². The number of benzene rings is 1. The standard InChI is InChI=1S/C21H20N4O2/c1-12-20-17(25-21(22)24-12)9-14(10-18(20)26)16-6-4-3-5-15(16)13-7-8-19(27-2)23-11-13/h3-8,11,14H,9-10H2,1-2H3,(H2,22,24,25). The number of carbonyl (C=O) groups excluding carboxylic acids is 1. The highest BCUT2D eigenvalue weighted by Crippen LogP contribution is 2.37. The molecule has 4 rings (SSSR count). The van der Waals surface area contributed by atoms with E-state index in [2.05, 4.69) is 27.1 Å². The van der Waals surface area contributed by atoms with Crippen LogP contribution < -0.4 is 10.5 Å². The molecule has 27 heavy (non-hydrogen) atoms. The molecule has 2 N–H and O–H groups in total. The number of fused-ring (bicyclic) bond motifs is 1. The maximum atomic E-state index is 12.8. The van der Waals surface area contributed by atoms with Gasteiger partial charge in [-0.3, -0.25) is 4.79 Å². The number of nitrogens with zero attached hydrogens (tertiary/aromatic N) is 3. The fourth-order valence-corrected chi connectivity index (χ4v) is 3.79. The van der Waals surface area contributed by atoms with Crippen molar-refractivity contribution in [2.45, 2.75) is 25.7 Å². The molecule has 0 aliphatic heterocycles. The number of anilines is 1. The van der Waals surface area contributed by atoms with Gasteiger partial charge in [-0.2, -0.15) is 0 Å². The number of aromatic nitrogens is 3. The summed E-state index contributed by atoms with van der Waals surface area (Å²) in [6, 6.07) is 11.9. The van der Waals surface area contributed by atoms with E-state index in [0.29, 0.717) is 30.0 Å². The Morgan fingerprint density at radius 1 is 1.11 bits per heavy atom. The van der Waals surface area contributed by atoms with E-state index >= 15 is 0 Å². The molecule has 0 saturated heterocycles. The molecule has 0 bridgehead atoms. The zero-order valence-electron chi connectivity index (χ0n) is 15.3. The lowest BCUT2D eigenvalue weighted by molar-refractivity contribution is 0.0962. The molecule has 136 valence electrons. The third-order valence-corrected chi connectivity index (χ3v) is 4.99. The molecule has 3 aromatic rings. The highest BCUT2D eigenvalue weighted by Gasteiger charge is 2.30. The minimum absolute atomic E-state index is 0.0389. The topological polar surface area (TPSA) is 91.0 Å². The van der Waals surface area contributed by atoms with Gasteiger partial charge in [-0.1, -0.05) is 24.3 Å². The molecule has 2 heterocycles. The van der Waals surface area contributed by atoms with Crippen molar-refractivity contribution in [3.05, 3.63) is 65.1 Å². The number of carbonyl (C=O) groups is 1. The zero-order valence-corrected chi connectivity index (χ0v) is 15.3. The maximum absolute atomic E-state index is 12.8. The Morgan fingerprint density at radius 2 is 1.93 bits per heavy atom. The first-order valence-corrected chi connectivity index (χ1v) is 8.82. The number of pyridine rings is 1. The van der Waals surface area contributed by atoms with Gasteiger partial charge in [0.05, 0.1) is 24.1 Å². The number of ether oxygens (including phenoxy) is 1. The van der Waals surface area contributed by atoms with Gasteiger partial charge in [-0.15, -0.1) is 0 Å². The van der Waals surface area contributed by atoms with E-state index in [9.17, 15) is 4.79 Å². The summed E-state index contributed by atoms with van der Waals surface area (Å²) in [5.74, 6) is 0.895. The second-order valence-corrected chi connectivity index (χ2v) is 6.69. The molecule has 1 aromatic carbocycles. The highest BCUT2D eigenvalue weighted by atomic mass is 16.5. The number of nitrogens with two attached hydrogens (primary N) is 1. The maximum Gasteiger partial charge on any atom is 0.220 e. The van der Waals surface area contributed by atoms with Crippen LogP contribution in [0.15, 0.2) is 42.6 Å². The van der Waals surface area contributed by atoms with Gasteiger partial charge >= 0.3 is 0 Å². The van der Waals surface area contributed by atoms with Crippen LogP contribution in [-0.2, 0) is 6.42 Å². The van der Waals surface area contributed by atoms with Gasteiger partial charge in [0.2, 0.25) is 11.8 Å². The molecule has 0 radical (unpaired) electrons. The second-order valence-electron chi connectivity index (χ2n) is 6.69. The Hall–Kier alpha value is -3.28. The molecule has 1 aliphatic carbocycles. The van der Waals surface area contributed by atoms with E-state index < -0.39 is 0 Å². The van der Waals surface area contributed by atoms with E-state index in [1.165, 1.54) is 0 Å². The van der Waals surface area contributed by atoms with Crippen LogP contribution in [-0.4, -0.2) is 27.8 Å². The van der Waals surface area contributed by atoms with Gasteiger partial charge in [0.15, 0.2) is 5.78 Å². The first-order chi connectivity index (χ1) is 13.1. The van der Waals surface area contributed by atoms with E-state index in [-0.39, 0.29) is 17.6 Å². The number of hydrogen-bond donors (Lipinski definition) is 1. The average Bonchev–Trinajstić information content (AvgIpc) is 2.67. The van der Waals surface area contributed by atoms with Crippen molar-refractivity contribution in [2.24, 2.45) is 0 Å². The van der Waals surface area contributed by atoms with Crippen molar-refractivity contribution >= 4 is 11.7 Å². The smallest absolute Gasteiger partial charge is 0.220 e. The van der Waals surface area contributed by atoms with Gasteiger partial charge in [0, 0.05) is 24.2 Å².